The van der Waals surface area contributed by atoms with Gasteiger partial charge in [0.1, 0.15) is 0 Å². The van der Waals surface area contributed by atoms with Gasteiger partial charge in [0.15, 0.2) is 0 Å². The molecule has 82 valence electrons. The maximum absolute atomic E-state index is 10.8. The number of nitrogens with zero attached hydrogens (tertiary/aromatic N) is 1. The van der Waals surface area contributed by atoms with E-state index < -0.39 is 0 Å². The molecule has 0 aliphatic carbocycles. The molecule has 1 aliphatic heterocycles. The zero-order valence-corrected chi connectivity index (χ0v) is 9.08. The first kappa shape index (κ1) is 11.3. The molecule has 0 saturated carbocycles. The molecule has 0 radical (unpaired) electrons. The van der Waals surface area contributed by atoms with Gasteiger partial charge < -0.3 is 10.1 Å². The average Bonchev–Trinajstić information content (AvgIpc) is 2.26. The minimum absolute atomic E-state index is 0.339. The molecule has 0 aromatic heterocycles. The third kappa shape index (κ3) is 3.54. The van der Waals surface area contributed by atoms with Gasteiger partial charge in [-0.3, -0.25) is 4.90 Å². The van der Waals surface area contributed by atoms with Crippen LogP contribution in [0.3, 0.4) is 0 Å². The Morgan fingerprint density at radius 1 is 1.43 bits per heavy atom. The van der Waals surface area contributed by atoms with Crippen molar-refractivity contribution in [2.75, 3.05) is 26.7 Å². The van der Waals surface area contributed by atoms with Crippen LogP contribution in [0, 0.1) is 0 Å². The SMILES string of the molecule is COC(=O)NCC(C)N1CCCCC1. The first-order valence-electron chi connectivity index (χ1n) is 5.30. The van der Waals surface area contributed by atoms with E-state index >= 15 is 0 Å². The molecule has 14 heavy (non-hydrogen) atoms. The molecule has 4 nitrogen and oxygen atoms in total. The molecule has 1 unspecified atom stereocenters. The van der Waals surface area contributed by atoms with E-state index in [4.69, 9.17) is 0 Å². The minimum Gasteiger partial charge on any atom is -0.453 e. The molecule has 0 spiro atoms. The summed E-state index contributed by atoms with van der Waals surface area (Å²) in [5.74, 6) is 0. The summed E-state index contributed by atoms with van der Waals surface area (Å²) in [5.41, 5.74) is 0. The molecular weight excluding hydrogens is 180 g/mol. The van der Waals surface area contributed by atoms with Crippen LogP contribution in [0.4, 0.5) is 4.79 Å². The molecular formula is C10H20N2O2. The van der Waals surface area contributed by atoms with Gasteiger partial charge in [0, 0.05) is 12.6 Å². The highest BCUT2D eigenvalue weighted by atomic mass is 16.5. The van der Waals surface area contributed by atoms with E-state index in [-0.39, 0.29) is 6.09 Å². The summed E-state index contributed by atoms with van der Waals surface area (Å²) >= 11 is 0. The van der Waals surface area contributed by atoms with E-state index in [0.717, 1.165) is 13.1 Å². The van der Waals surface area contributed by atoms with Crippen molar-refractivity contribution >= 4 is 6.09 Å². The predicted octanol–water partition coefficient (Wildman–Crippen LogP) is 1.22. The highest BCUT2D eigenvalue weighted by Crippen LogP contribution is 2.11. The number of hydrogen-bond donors (Lipinski definition) is 1. The summed E-state index contributed by atoms with van der Waals surface area (Å²) < 4.78 is 4.52. The van der Waals surface area contributed by atoms with Crippen molar-refractivity contribution < 1.29 is 9.53 Å². The molecule has 0 aromatic rings. The number of alkyl carbamates (subject to hydrolysis) is 1. The lowest BCUT2D eigenvalue weighted by molar-refractivity contribution is 0.151. The van der Waals surface area contributed by atoms with E-state index in [1.54, 1.807) is 0 Å². The second-order valence-corrected chi connectivity index (χ2v) is 3.82. The largest absolute Gasteiger partial charge is 0.453 e. The molecule has 1 fully saturated rings. The number of hydrogen-bond acceptors (Lipinski definition) is 3. The van der Waals surface area contributed by atoms with E-state index in [1.165, 1.54) is 26.4 Å². The van der Waals surface area contributed by atoms with E-state index in [0.29, 0.717) is 12.6 Å². The van der Waals surface area contributed by atoms with Gasteiger partial charge in [0.2, 0.25) is 0 Å². The summed E-state index contributed by atoms with van der Waals surface area (Å²) in [5, 5.41) is 2.73. The number of likely N-dealkylation sites (tertiary alicyclic amines) is 1. The first-order chi connectivity index (χ1) is 6.74. The van der Waals surface area contributed by atoms with Crippen molar-refractivity contribution in [3.05, 3.63) is 0 Å². The van der Waals surface area contributed by atoms with Crippen LogP contribution in [0.5, 0.6) is 0 Å². The van der Waals surface area contributed by atoms with E-state index in [9.17, 15) is 4.79 Å². The fourth-order valence-corrected chi connectivity index (χ4v) is 1.79. The zero-order valence-electron chi connectivity index (χ0n) is 9.08. The van der Waals surface area contributed by atoms with Crippen LogP contribution in [0.25, 0.3) is 0 Å². The predicted molar refractivity (Wildman–Crippen MR) is 55.3 cm³/mol. The third-order valence-corrected chi connectivity index (χ3v) is 2.74. The molecule has 0 aromatic carbocycles. The first-order valence-corrected chi connectivity index (χ1v) is 5.30. The number of piperidine rings is 1. The highest BCUT2D eigenvalue weighted by molar-refractivity contribution is 5.66. The van der Waals surface area contributed by atoms with Crippen LogP contribution in [-0.2, 0) is 4.74 Å². The van der Waals surface area contributed by atoms with Crippen molar-refractivity contribution in [2.24, 2.45) is 0 Å². The van der Waals surface area contributed by atoms with Crippen LogP contribution >= 0.6 is 0 Å². The fraction of sp³-hybridized carbons (Fsp3) is 0.900. The number of rotatable bonds is 3. The molecule has 4 heteroatoms. The Morgan fingerprint density at radius 3 is 2.64 bits per heavy atom. The number of amides is 1. The summed E-state index contributed by atoms with van der Waals surface area (Å²) in [7, 11) is 1.39. The van der Waals surface area contributed by atoms with Gasteiger partial charge in [-0.05, 0) is 32.9 Å². The van der Waals surface area contributed by atoms with Gasteiger partial charge in [-0.15, -0.1) is 0 Å². The Balaban J connectivity index is 2.19. The second kappa shape index (κ2) is 5.86. The third-order valence-electron chi connectivity index (χ3n) is 2.74. The Hall–Kier alpha value is -0.770. The van der Waals surface area contributed by atoms with Gasteiger partial charge in [0.05, 0.1) is 7.11 Å². The summed E-state index contributed by atoms with van der Waals surface area (Å²) in [6.07, 6.45) is 3.56. The van der Waals surface area contributed by atoms with Crippen molar-refractivity contribution in [3.8, 4) is 0 Å². The van der Waals surface area contributed by atoms with Crippen LogP contribution in [-0.4, -0.2) is 43.8 Å². The molecule has 1 rings (SSSR count). The molecule has 1 saturated heterocycles. The quantitative estimate of drug-likeness (QED) is 0.744. The number of ether oxygens (including phenoxy) is 1. The summed E-state index contributed by atoms with van der Waals surface area (Å²) in [6.45, 7) is 5.13. The monoisotopic (exact) mass is 200 g/mol. The van der Waals surface area contributed by atoms with Crippen LogP contribution in [0.1, 0.15) is 26.2 Å². The van der Waals surface area contributed by atoms with Crippen LogP contribution in [0.2, 0.25) is 0 Å². The smallest absolute Gasteiger partial charge is 0.406 e. The van der Waals surface area contributed by atoms with Crippen molar-refractivity contribution in [1.82, 2.24) is 10.2 Å². The molecule has 0 bridgehead atoms. The van der Waals surface area contributed by atoms with Gasteiger partial charge in [-0.25, -0.2) is 4.79 Å². The Kier molecular flexibility index (Phi) is 4.73. The molecule has 1 N–H and O–H groups in total. The second-order valence-electron chi connectivity index (χ2n) is 3.82. The lowest BCUT2D eigenvalue weighted by Crippen LogP contribution is -2.44. The number of methoxy groups -OCH3 is 1. The molecule has 1 aliphatic rings. The number of carbonyl (C=O) groups is 1. The Morgan fingerprint density at radius 2 is 2.07 bits per heavy atom. The lowest BCUT2D eigenvalue weighted by atomic mass is 10.1. The minimum atomic E-state index is -0.339. The van der Waals surface area contributed by atoms with E-state index in [1.807, 2.05) is 0 Å². The Labute approximate surface area is 85.6 Å². The van der Waals surface area contributed by atoms with Gasteiger partial charge in [-0.2, -0.15) is 0 Å². The Bertz CT molecular complexity index is 179. The van der Waals surface area contributed by atoms with Gasteiger partial charge in [-0.1, -0.05) is 6.42 Å². The van der Waals surface area contributed by atoms with Crippen LogP contribution < -0.4 is 5.32 Å². The number of carbonyl (C=O) groups excluding carboxylic acids is 1. The maximum Gasteiger partial charge on any atom is 0.406 e. The van der Waals surface area contributed by atoms with Crippen molar-refractivity contribution in [2.45, 2.75) is 32.2 Å². The maximum atomic E-state index is 10.8. The topological polar surface area (TPSA) is 41.6 Å². The molecule has 1 amide bonds. The molecule has 1 heterocycles. The lowest BCUT2D eigenvalue weighted by Gasteiger charge is -2.32. The highest BCUT2D eigenvalue weighted by Gasteiger charge is 2.16. The van der Waals surface area contributed by atoms with Crippen molar-refractivity contribution in [3.63, 3.8) is 0 Å². The standard InChI is InChI=1S/C10H20N2O2/c1-9(8-11-10(13)14-2)12-6-4-3-5-7-12/h9H,3-8H2,1-2H3,(H,11,13). The average molecular weight is 200 g/mol. The van der Waals surface area contributed by atoms with Crippen LogP contribution in [0.15, 0.2) is 0 Å². The normalized spacial score (nSPS) is 20.1. The fourth-order valence-electron chi connectivity index (χ4n) is 1.79. The number of nitrogens with one attached hydrogen (secondary N) is 1. The summed E-state index contributed by atoms with van der Waals surface area (Å²) in [4.78, 5) is 13.3. The molecule has 1 atom stereocenters. The van der Waals surface area contributed by atoms with Crippen molar-refractivity contribution in [1.29, 1.82) is 0 Å². The van der Waals surface area contributed by atoms with E-state index in [2.05, 4.69) is 21.9 Å². The van der Waals surface area contributed by atoms with Gasteiger partial charge in [0.25, 0.3) is 0 Å². The summed E-state index contributed by atoms with van der Waals surface area (Å²) in [6, 6.07) is 0.411. The zero-order chi connectivity index (χ0) is 10.4. The van der Waals surface area contributed by atoms with Gasteiger partial charge >= 0.3 is 6.09 Å².